The second-order valence-electron chi connectivity index (χ2n) is 8.10. The van der Waals surface area contributed by atoms with Gasteiger partial charge in [0.15, 0.2) is 11.6 Å². The van der Waals surface area contributed by atoms with E-state index in [2.05, 4.69) is 20.5 Å². The molecule has 3 N–H and O–H groups in total. The molecule has 0 saturated heterocycles. The van der Waals surface area contributed by atoms with Crippen molar-refractivity contribution in [3.05, 3.63) is 99.0 Å². The number of aliphatic imine (C=N–C) groups is 1. The van der Waals surface area contributed by atoms with Gasteiger partial charge in [-0.05, 0) is 24.3 Å². The molecule has 0 aliphatic carbocycles. The number of aromatic carboxylic acids is 1. The van der Waals surface area contributed by atoms with Crippen molar-refractivity contribution in [3.8, 4) is 5.00 Å². The number of halogens is 1. The minimum absolute atomic E-state index is 0.0857. The Hall–Kier alpha value is -4.28. The highest BCUT2D eigenvalue weighted by Crippen LogP contribution is 2.34. The normalized spacial score (nSPS) is 12.5. The molecule has 0 bridgehead atoms. The fourth-order valence-electron chi connectivity index (χ4n) is 4.20. The van der Waals surface area contributed by atoms with E-state index in [4.69, 9.17) is 16.6 Å². The van der Waals surface area contributed by atoms with E-state index in [1.807, 2.05) is 42.5 Å². The Labute approximate surface area is 213 Å². The van der Waals surface area contributed by atoms with Crippen LogP contribution in [0.2, 0.25) is 5.02 Å². The highest BCUT2D eigenvalue weighted by Gasteiger charge is 2.28. The Morgan fingerprint density at radius 1 is 1.08 bits per heavy atom. The van der Waals surface area contributed by atoms with Gasteiger partial charge in [-0.3, -0.25) is 14.4 Å². The molecule has 1 aliphatic heterocycles. The van der Waals surface area contributed by atoms with E-state index in [9.17, 15) is 14.7 Å². The second kappa shape index (κ2) is 8.74. The Balaban J connectivity index is 1.36. The van der Waals surface area contributed by atoms with Crippen LogP contribution in [-0.4, -0.2) is 42.4 Å². The first-order chi connectivity index (χ1) is 17.5. The molecule has 2 aromatic carbocycles. The van der Waals surface area contributed by atoms with E-state index in [1.165, 1.54) is 0 Å². The fourth-order valence-corrected chi connectivity index (χ4v) is 5.46. The quantitative estimate of drug-likeness (QED) is 0.318. The number of hydrogen-bond donors (Lipinski definition) is 3. The smallest absolute Gasteiger partial charge is 0.345 e. The zero-order valence-electron chi connectivity index (χ0n) is 18.5. The van der Waals surface area contributed by atoms with Crippen LogP contribution in [0.15, 0.2) is 65.7 Å². The molecule has 6 rings (SSSR count). The van der Waals surface area contributed by atoms with E-state index in [-0.39, 0.29) is 23.9 Å². The Morgan fingerprint density at radius 3 is 2.69 bits per heavy atom. The Kier molecular flexibility index (Phi) is 5.39. The van der Waals surface area contributed by atoms with Gasteiger partial charge in [0.2, 0.25) is 0 Å². The summed E-state index contributed by atoms with van der Waals surface area (Å²) in [4.78, 5) is 32.7. The number of nitrogens with one attached hydrogen (secondary N) is 2. The number of carboxylic acids is 1. The minimum atomic E-state index is -1.05. The first-order valence-corrected chi connectivity index (χ1v) is 12.2. The van der Waals surface area contributed by atoms with E-state index < -0.39 is 5.97 Å². The summed E-state index contributed by atoms with van der Waals surface area (Å²) in [6.45, 7) is 0.301. The van der Waals surface area contributed by atoms with Gasteiger partial charge in [0, 0.05) is 27.1 Å². The van der Waals surface area contributed by atoms with Gasteiger partial charge in [0.1, 0.15) is 22.1 Å². The van der Waals surface area contributed by atoms with Crippen molar-refractivity contribution >= 4 is 51.4 Å². The summed E-state index contributed by atoms with van der Waals surface area (Å²) in [5.41, 5.74) is 3.20. The topological polar surface area (TPSA) is 125 Å². The maximum absolute atomic E-state index is 12.8. The monoisotopic (exact) mass is 516 g/mol. The Bertz CT molecular complexity index is 1670. The van der Waals surface area contributed by atoms with Crippen molar-refractivity contribution < 1.29 is 14.7 Å². The number of H-pyrrole nitrogens is 1. The first kappa shape index (κ1) is 22.2. The molecule has 9 nitrogen and oxygen atoms in total. The van der Waals surface area contributed by atoms with Crippen LogP contribution in [0.3, 0.4) is 0 Å². The number of fused-ring (bicyclic) bond motifs is 4. The lowest BCUT2D eigenvalue weighted by atomic mass is 10.0. The number of amides is 1. The zero-order chi connectivity index (χ0) is 24.8. The van der Waals surface area contributed by atoms with Crippen LogP contribution in [0.5, 0.6) is 0 Å². The molecule has 0 spiro atoms. The first-order valence-electron chi connectivity index (χ1n) is 11.0. The number of aromatic amines is 1. The molecule has 4 heterocycles. The number of benzene rings is 2. The molecule has 3 aromatic heterocycles. The largest absolute Gasteiger partial charge is 0.477 e. The van der Waals surface area contributed by atoms with Crippen LogP contribution in [0.25, 0.3) is 15.9 Å². The van der Waals surface area contributed by atoms with E-state index in [0.717, 1.165) is 22.2 Å². The third kappa shape index (κ3) is 3.76. The molecule has 0 radical (unpaired) electrons. The van der Waals surface area contributed by atoms with Crippen LogP contribution >= 0.6 is 22.9 Å². The van der Waals surface area contributed by atoms with E-state index in [0.29, 0.717) is 44.2 Å². The second-order valence-corrected chi connectivity index (χ2v) is 9.54. The third-order valence-electron chi connectivity index (χ3n) is 5.87. The number of thiophene rings is 1. The number of aromatic nitrogens is 4. The average molecular weight is 517 g/mol. The predicted octanol–water partition coefficient (Wildman–Crippen LogP) is 4.44. The van der Waals surface area contributed by atoms with Crippen molar-refractivity contribution in [2.45, 2.75) is 13.1 Å². The summed E-state index contributed by atoms with van der Waals surface area (Å²) in [6, 6.07) is 18.3. The van der Waals surface area contributed by atoms with Crippen molar-refractivity contribution in [2.24, 2.45) is 4.99 Å². The molecule has 5 aromatic rings. The van der Waals surface area contributed by atoms with Gasteiger partial charge in [-0.1, -0.05) is 48.0 Å². The summed E-state index contributed by atoms with van der Waals surface area (Å²) in [6.07, 6.45) is 0. The van der Waals surface area contributed by atoms with Gasteiger partial charge in [0.25, 0.3) is 5.91 Å². The zero-order valence-corrected chi connectivity index (χ0v) is 20.1. The average Bonchev–Trinajstić information content (AvgIpc) is 3.58. The highest BCUT2D eigenvalue weighted by molar-refractivity contribution is 7.16. The van der Waals surface area contributed by atoms with Gasteiger partial charge < -0.3 is 15.4 Å². The van der Waals surface area contributed by atoms with Crippen LogP contribution in [0.4, 0.5) is 0 Å². The van der Waals surface area contributed by atoms with Gasteiger partial charge in [-0.2, -0.15) is 0 Å². The lowest BCUT2D eigenvalue weighted by molar-refractivity contribution is 0.0702. The SMILES string of the molecule is O=C(NCc1nnc2n1-c1sc(C(=O)O)cc1C(c1ccccc1Cl)=NC2)c1cc2ccccc2[nH]1. The number of carbonyl (C=O) groups excluding carboxylic acids is 1. The molecule has 178 valence electrons. The van der Waals surface area contributed by atoms with E-state index >= 15 is 0 Å². The number of para-hydroxylation sites is 1. The third-order valence-corrected chi connectivity index (χ3v) is 7.31. The molecule has 0 unspecified atom stereocenters. The maximum Gasteiger partial charge on any atom is 0.345 e. The molecule has 11 heteroatoms. The van der Waals surface area contributed by atoms with Gasteiger partial charge in [0.05, 0.1) is 12.3 Å². The summed E-state index contributed by atoms with van der Waals surface area (Å²) in [7, 11) is 0. The lowest BCUT2D eigenvalue weighted by Crippen LogP contribution is -2.25. The van der Waals surface area contributed by atoms with Crippen molar-refractivity contribution in [1.29, 1.82) is 0 Å². The number of hydrogen-bond acceptors (Lipinski definition) is 6. The summed E-state index contributed by atoms with van der Waals surface area (Å²) in [5.74, 6) is -0.338. The predicted molar refractivity (Wildman–Crippen MR) is 136 cm³/mol. The van der Waals surface area contributed by atoms with Crippen molar-refractivity contribution in [1.82, 2.24) is 25.1 Å². The Morgan fingerprint density at radius 2 is 1.89 bits per heavy atom. The molecule has 1 amide bonds. The molecular weight excluding hydrogens is 500 g/mol. The number of nitrogens with zero attached hydrogens (tertiary/aromatic N) is 4. The molecule has 1 aliphatic rings. The summed E-state index contributed by atoms with van der Waals surface area (Å²) >= 11 is 7.55. The van der Waals surface area contributed by atoms with Gasteiger partial charge in [-0.15, -0.1) is 21.5 Å². The van der Waals surface area contributed by atoms with Crippen molar-refractivity contribution in [2.75, 3.05) is 0 Å². The lowest BCUT2D eigenvalue weighted by Gasteiger charge is -2.10. The molecular formula is C25H17ClN6O3S. The molecule has 0 fully saturated rings. The van der Waals surface area contributed by atoms with Crippen LogP contribution in [-0.2, 0) is 13.1 Å². The summed E-state index contributed by atoms with van der Waals surface area (Å²) < 4.78 is 1.77. The highest BCUT2D eigenvalue weighted by atomic mass is 35.5. The van der Waals surface area contributed by atoms with E-state index in [1.54, 1.807) is 22.8 Å². The maximum atomic E-state index is 12.8. The number of carboxylic acid groups (broad SMARTS) is 1. The standard InChI is InChI=1S/C25H17ClN6O3S/c26-16-7-3-2-6-14(16)22-15-10-19(25(34)35)36-24(15)32-20(11-27-22)30-31-21(32)12-28-23(33)18-9-13-5-1-4-8-17(13)29-18/h1-10,29H,11-12H2,(H,28,33)(H,34,35). The van der Waals surface area contributed by atoms with Crippen LogP contribution < -0.4 is 5.32 Å². The molecule has 36 heavy (non-hydrogen) atoms. The number of rotatable bonds is 5. The minimum Gasteiger partial charge on any atom is -0.477 e. The summed E-state index contributed by atoms with van der Waals surface area (Å²) in [5, 5.41) is 23.2. The molecule has 0 atom stereocenters. The van der Waals surface area contributed by atoms with Gasteiger partial charge >= 0.3 is 5.97 Å². The van der Waals surface area contributed by atoms with Crippen LogP contribution in [0.1, 0.15) is 42.9 Å². The molecule has 0 saturated carbocycles. The number of carbonyl (C=O) groups is 2. The van der Waals surface area contributed by atoms with Crippen LogP contribution in [0, 0.1) is 0 Å². The van der Waals surface area contributed by atoms with Crippen molar-refractivity contribution in [3.63, 3.8) is 0 Å². The fraction of sp³-hybridized carbons (Fsp3) is 0.0800. The van der Waals surface area contributed by atoms with Gasteiger partial charge in [-0.25, -0.2) is 4.79 Å².